The highest BCUT2D eigenvalue weighted by Gasteiger charge is 2.04. The molecule has 0 N–H and O–H groups in total. The van der Waals surface area contributed by atoms with Crippen molar-refractivity contribution in [3.8, 4) is 0 Å². The van der Waals surface area contributed by atoms with Crippen LogP contribution in [-0.4, -0.2) is 41.7 Å². The van der Waals surface area contributed by atoms with Gasteiger partial charge in [0.05, 0.1) is 18.0 Å². The normalized spacial score (nSPS) is 12.0. The third-order valence-corrected chi connectivity index (χ3v) is 5.29. The quantitative estimate of drug-likeness (QED) is 0.178. The molecule has 7 heteroatoms. The molecule has 0 amide bonds. The molecule has 3 aromatic rings. The van der Waals surface area contributed by atoms with Gasteiger partial charge >= 0.3 is 0 Å². The minimum atomic E-state index is 0.507. The monoisotopic (exact) mass is 474 g/mol. The van der Waals surface area contributed by atoms with Gasteiger partial charge in [-0.2, -0.15) is 0 Å². The molecule has 0 aliphatic carbocycles. The Kier molecular flexibility index (Phi) is 10.9. The molecule has 0 saturated carbocycles. The molecule has 35 heavy (non-hydrogen) atoms. The predicted octanol–water partition coefficient (Wildman–Crippen LogP) is 5.37. The Bertz CT molecular complexity index is 1100. The predicted molar refractivity (Wildman–Crippen MR) is 139 cm³/mol. The Hall–Kier alpha value is -3.58. The van der Waals surface area contributed by atoms with Crippen LogP contribution in [0.4, 0.5) is 0 Å². The van der Waals surface area contributed by atoms with Crippen LogP contribution in [-0.2, 0) is 33.9 Å². The van der Waals surface area contributed by atoms with E-state index >= 15 is 0 Å². The average Bonchev–Trinajstić information content (AvgIpc) is 2.89. The third kappa shape index (κ3) is 9.29. The number of oxime groups is 2. The summed E-state index contributed by atoms with van der Waals surface area (Å²) in [7, 11) is 1.53. The first kappa shape index (κ1) is 26.0. The van der Waals surface area contributed by atoms with Gasteiger partial charge in [0, 0.05) is 18.0 Å². The summed E-state index contributed by atoms with van der Waals surface area (Å²) in [5.41, 5.74) is 6.36. The molecule has 7 nitrogen and oxygen atoms in total. The van der Waals surface area contributed by atoms with Crippen LogP contribution in [0, 0.1) is 0 Å². The summed E-state index contributed by atoms with van der Waals surface area (Å²) < 4.78 is 5.77. The van der Waals surface area contributed by atoms with Crippen molar-refractivity contribution in [2.24, 2.45) is 10.3 Å². The van der Waals surface area contributed by atoms with Gasteiger partial charge in [-0.1, -0.05) is 52.8 Å². The Labute approximate surface area is 207 Å². The molecule has 0 radical (unpaired) electrons. The van der Waals surface area contributed by atoms with Crippen molar-refractivity contribution in [2.75, 3.05) is 20.3 Å². The van der Waals surface area contributed by atoms with Crippen LogP contribution in [0.5, 0.6) is 0 Å². The molecule has 184 valence electrons. The zero-order chi connectivity index (χ0) is 24.7. The second kappa shape index (κ2) is 14.6. The number of benzene rings is 1. The van der Waals surface area contributed by atoms with Crippen molar-refractivity contribution in [3.63, 3.8) is 0 Å². The largest absolute Gasteiger partial charge is 0.399 e. The van der Waals surface area contributed by atoms with Gasteiger partial charge in [0.15, 0.2) is 0 Å². The molecule has 0 bridgehead atoms. The maximum absolute atomic E-state index is 5.77. The standard InChI is InChI=1S/C28H34N4O3/c1-22(31-33-3)27-17-7-14-26(29-27)16-10-20-35-32-23(2)28-18-8-13-25(30-28)15-9-19-34-21-24-11-5-4-6-12-24/h4-8,11-14,17-18H,9-10,15-16,19-21H2,1-3H3/b31-22+,32-23+. The van der Waals surface area contributed by atoms with Gasteiger partial charge in [0.25, 0.3) is 0 Å². The van der Waals surface area contributed by atoms with Gasteiger partial charge in [0.1, 0.15) is 25.1 Å². The third-order valence-electron chi connectivity index (χ3n) is 5.29. The van der Waals surface area contributed by atoms with Crippen LogP contribution in [0.25, 0.3) is 0 Å². The molecule has 0 atom stereocenters. The highest BCUT2D eigenvalue weighted by molar-refractivity contribution is 5.96. The Morgan fingerprint density at radius 2 is 1.31 bits per heavy atom. The molecule has 2 aromatic heterocycles. The fourth-order valence-electron chi connectivity index (χ4n) is 3.45. The molecule has 1 aromatic carbocycles. The van der Waals surface area contributed by atoms with Crippen LogP contribution in [0.15, 0.2) is 77.0 Å². The molecule has 0 saturated heterocycles. The van der Waals surface area contributed by atoms with E-state index in [1.54, 1.807) is 0 Å². The lowest BCUT2D eigenvalue weighted by molar-refractivity contribution is 0.118. The van der Waals surface area contributed by atoms with Crippen molar-refractivity contribution < 1.29 is 14.4 Å². The number of hydrogen-bond acceptors (Lipinski definition) is 7. The van der Waals surface area contributed by atoms with E-state index in [4.69, 9.17) is 19.4 Å². The Morgan fingerprint density at radius 3 is 1.94 bits per heavy atom. The van der Waals surface area contributed by atoms with Gasteiger partial charge in [-0.25, -0.2) is 0 Å². The average molecular weight is 475 g/mol. The van der Waals surface area contributed by atoms with Crippen LogP contribution in [0.2, 0.25) is 0 Å². The SMILES string of the molecule is CO/N=C(\C)c1cccc(CCCO/N=C(\C)c2cccc(CCCOCc3ccccc3)n2)n1. The lowest BCUT2D eigenvalue weighted by atomic mass is 10.2. The number of aryl methyl sites for hydroxylation is 2. The molecule has 0 aliphatic rings. The van der Waals surface area contributed by atoms with E-state index in [2.05, 4.69) is 27.4 Å². The fourth-order valence-corrected chi connectivity index (χ4v) is 3.45. The number of nitrogens with zero attached hydrogens (tertiary/aromatic N) is 4. The fraction of sp³-hybridized carbons (Fsp3) is 0.357. The van der Waals surface area contributed by atoms with Gasteiger partial charge in [-0.05, 0) is 69.4 Å². The summed E-state index contributed by atoms with van der Waals surface area (Å²) in [4.78, 5) is 19.7. The Balaban J connectivity index is 1.38. The lowest BCUT2D eigenvalue weighted by Crippen LogP contribution is -2.05. The summed E-state index contributed by atoms with van der Waals surface area (Å²) in [6.45, 7) is 5.64. The van der Waals surface area contributed by atoms with E-state index in [0.29, 0.717) is 19.8 Å². The maximum Gasteiger partial charge on any atom is 0.117 e. The van der Waals surface area contributed by atoms with Crippen molar-refractivity contribution in [1.82, 2.24) is 9.97 Å². The lowest BCUT2D eigenvalue weighted by Gasteiger charge is -2.07. The van der Waals surface area contributed by atoms with Crippen LogP contribution in [0.1, 0.15) is 55.0 Å². The molecule has 3 rings (SSSR count). The van der Waals surface area contributed by atoms with E-state index < -0.39 is 0 Å². The summed E-state index contributed by atoms with van der Waals surface area (Å²) in [6, 6.07) is 22.1. The van der Waals surface area contributed by atoms with E-state index in [0.717, 1.165) is 59.9 Å². The van der Waals surface area contributed by atoms with E-state index in [-0.39, 0.29) is 0 Å². The minimum absolute atomic E-state index is 0.507. The zero-order valence-electron chi connectivity index (χ0n) is 20.8. The number of pyridine rings is 2. The smallest absolute Gasteiger partial charge is 0.117 e. The maximum atomic E-state index is 5.77. The topological polar surface area (TPSA) is 78.2 Å². The van der Waals surface area contributed by atoms with Crippen molar-refractivity contribution >= 4 is 11.4 Å². The molecule has 0 unspecified atom stereocenters. The van der Waals surface area contributed by atoms with Crippen molar-refractivity contribution in [3.05, 3.63) is 95.1 Å². The first-order chi connectivity index (χ1) is 17.2. The number of ether oxygens (including phenoxy) is 1. The number of hydrogen-bond donors (Lipinski definition) is 0. The highest BCUT2D eigenvalue weighted by atomic mass is 16.6. The van der Waals surface area contributed by atoms with Gasteiger partial charge in [0.2, 0.25) is 0 Å². The van der Waals surface area contributed by atoms with E-state index in [9.17, 15) is 0 Å². The Morgan fingerprint density at radius 1 is 0.714 bits per heavy atom. The molecular weight excluding hydrogens is 440 g/mol. The zero-order valence-corrected chi connectivity index (χ0v) is 20.8. The summed E-state index contributed by atoms with van der Waals surface area (Å²) >= 11 is 0. The minimum Gasteiger partial charge on any atom is -0.399 e. The van der Waals surface area contributed by atoms with Gasteiger partial charge in [-0.15, -0.1) is 0 Å². The van der Waals surface area contributed by atoms with Gasteiger partial charge in [-0.3, -0.25) is 9.97 Å². The number of rotatable bonds is 14. The van der Waals surface area contributed by atoms with Crippen molar-refractivity contribution in [1.29, 1.82) is 0 Å². The molecule has 0 fully saturated rings. The van der Waals surface area contributed by atoms with Crippen LogP contribution < -0.4 is 0 Å². The van der Waals surface area contributed by atoms with E-state index in [1.807, 2.05) is 68.4 Å². The summed E-state index contributed by atoms with van der Waals surface area (Å²) in [6.07, 6.45) is 3.38. The van der Waals surface area contributed by atoms with Crippen molar-refractivity contribution in [2.45, 2.75) is 46.1 Å². The molecule has 2 heterocycles. The second-order valence-corrected chi connectivity index (χ2v) is 8.14. The highest BCUT2D eigenvalue weighted by Crippen LogP contribution is 2.08. The van der Waals surface area contributed by atoms with Crippen LogP contribution >= 0.6 is 0 Å². The molecule has 0 aliphatic heterocycles. The molecular formula is C28H34N4O3. The van der Waals surface area contributed by atoms with Crippen LogP contribution in [0.3, 0.4) is 0 Å². The summed E-state index contributed by atoms with van der Waals surface area (Å²) in [5, 5.41) is 8.19. The van der Waals surface area contributed by atoms with Gasteiger partial charge < -0.3 is 14.4 Å². The second-order valence-electron chi connectivity index (χ2n) is 8.14. The first-order valence-corrected chi connectivity index (χ1v) is 11.9. The number of aromatic nitrogens is 2. The molecule has 0 spiro atoms. The summed E-state index contributed by atoms with van der Waals surface area (Å²) in [5.74, 6) is 0. The first-order valence-electron chi connectivity index (χ1n) is 11.9. The van der Waals surface area contributed by atoms with E-state index in [1.165, 1.54) is 12.7 Å².